The third-order valence-corrected chi connectivity index (χ3v) is 8.54. The molecule has 3 aromatic carbocycles. The van der Waals surface area contributed by atoms with E-state index in [1.807, 2.05) is 24.3 Å². The molecular formula is C30H31N3O2S. The average Bonchev–Trinajstić information content (AvgIpc) is 3.47. The van der Waals surface area contributed by atoms with Crippen molar-refractivity contribution in [1.29, 1.82) is 0 Å². The van der Waals surface area contributed by atoms with E-state index in [1.165, 1.54) is 41.2 Å². The summed E-state index contributed by atoms with van der Waals surface area (Å²) in [4.78, 5) is 5.98. The summed E-state index contributed by atoms with van der Waals surface area (Å²) < 4.78 is 9.92. The Bertz CT molecular complexity index is 1330. The molecule has 0 atom stereocenters. The maximum Gasteiger partial charge on any atom is 0.223 e. The van der Waals surface area contributed by atoms with E-state index in [2.05, 4.69) is 69.8 Å². The SMILES string of the molecule is CN1CC2(CCN(Cc3ccc(COc4ccc(-c5cc(O)ns5)cc4)cc3)CC2)c2ccccc21. The molecule has 5 nitrogen and oxygen atoms in total. The summed E-state index contributed by atoms with van der Waals surface area (Å²) in [6.07, 6.45) is 2.45. The van der Waals surface area contributed by atoms with Gasteiger partial charge in [0, 0.05) is 37.3 Å². The highest BCUT2D eigenvalue weighted by atomic mass is 32.1. The molecule has 184 valence electrons. The number of rotatable bonds is 6. The molecule has 0 saturated carbocycles. The van der Waals surface area contributed by atoms with Crippen molar-refractivity contribution in [2.45, 2.75) is 31.4 Å². The Balaban J connectivity index is 1.01. The Morgan fingerprint density at radius 2 is 1.67 bits per heavy atom. The molecule has 4 aromatic rings. The second-order valence-corrected chi connectivity index (χ2v) is 10.9. The number of benzene rings is 3. The van der Waals surface area contributed by atoms with Gasteiger partial charge in [-0.05, 0) is 90.0 Å². The van der Waals surface area contributed by atoms with Gasteiger partial charge in [-0.15, -0.1) is 0 Å². The summed E-state index contributed by atoms with van der Waals surface area (Å²) in [6.45, 7) is 4.98. The summed E-state index contributed by atoms with van der Waals surface area (Å²) in [7, 11) is 2.23. The van der Waals surface area contributed by atoms with Crippen LogP contribution in [0.15, 0.2) is 78.9 Å². The molecule has 1 spiro atoms. The fourth-order valence-corrected chi connectivity index (χ4v) is 6.37. The van der Waals surface area contributed by atoms with E-state index < -0.39 is 0 Å². The second kappa shape index (κ2) is 9.60. The number of para-hydroxylation sites is 1. The third kappa shape index (κ3) is 4.59. The van der Waals surface area contributed by atoms with Crippen molar-refractivity contribution in [2.75, 3.05) is 31.6 Å². The van der Waals surface area contributed by atoms with Crippen LogP contribution in [-0.4, -0.2) is 41.1 Å². The van der Waals surface area contributed by atoms with Gasteiger partial charge in [0.15, 0.2) is 0 Å². The molecule has 6 rings (SSSR count). The standard InChI is InChI=1S/C30H31N3O2S/c1-32-21-30(26-4-2-3-5-27(26)32)14-16-33(17-15-30)19-22-6-8-23(9-7-22)20-35-25-12-10-24(11-13-25)28-18-29(34)31-36-28/h2-13,18H,14-17,19-21H2,1H3,(H,31,34). The maximum atomic E-state index is 9.45. The smallest absolute Gasteiger partial charge is 0.223 e. The molecule has 0 amide bonds. The topological polar surface area (TPSA) is 48.8 Å². The highest BCUT2D eigenvalue weighted by Crippen LogP contribution is 2.46. The monoisotopic (exact) mass is 497 g/mol. The second-order valence-electron chi connectivity index (χ2n) is 10.1. The molecule has 1 N–H and O–H groups in total. The van der Waals surface area contributed by atoms with Gasteiger partial charge in [-0.3, -0.25) is 4.90 Å². The number of aromatic nitrogens is 1. The maximum absolute atomic E-state index is 9.45. The van der Waals surface area contributed by atoms with E-state index in [9.17, 15) is 5.11 Å². The van der Waals surface area contributed by atoms with Gasteiger partial charge in [-0.1, -0.05) is 42.5 Å². The largest absolute Gasteiger partial charge is 0.493 e. The first-order valence-electron chi connectivity index (χ1n) is 12.6. The van der Waals surface area contributed by atoms with E-state index in [1.54, 1.807) is 11.6 Å². The number of aromatic hydroxyl groups is 1. The normalized spacial score (nSPS) is 16.9. The molecule has 2 aliphatic rings. The molecule has 6 heteroatoms. The number of hydrogen-bond acceptors (Lipinski definition) is 6. The van der Waals surface area contributed by atoms with Crippen LogP contribution >= 0.6 is 11.5 Å². The molecule has 0 radical (unpaired) electrons. The summed E-state index contributed by atoms with van der Waals surface area (Å²) in [5.41, 5.74) is 6.84. The van der Waals surface area contributed by atoms with Gasteiger partial charge >= 0.3 is 0 Å². The zero-order valence-electron chi connectivity index (χ0n) is 20.6. The highest BCUT2D eigenvalue weighted by Gasteiger charge is 2.43. The van der Waals surface area contributed by atoms with Crippen molar-refractivity contribution >= 4 is 17.2 Å². The predicted molar refractivity (Wildman–Crippen MR) is 146 cm³/mol. The number of anilines is 1. The van der Waals surface area contributed by atoms with E-state index >= 15 is 0 Å². The Kier molecular flexibility index (Phi) is 6.15. The first kappa shape index (κ1) is 23.1. The van der Waals surface area contributed by atoms with Crippen LogP contribution in [0.1, 0.15) is 29.5 Å². The summed E-state index contributed by atoms with van der Waals surface area (Å²) in [5.74, 6) is 0.897. The van der Waals surface area contributed by atoms with Crippen molar-refractivity contribution in [2.24, 2.45) is 0 Å². The molecular weight excluding hydrogens is 466 g/mol. The Morgan fingerprint density at radius 1 is 0.944 bits per heavy atom. The number of hydrogen-bond donors (Lipinski definition) is 1. The van der Waals surface area contributed by atoms with E-state index in [4.69, 9.17) is 4.74 Å². The van der Waals surface area contributed by atoms with Crippen LogP contribution in [0.5, 0.6) is 11.6 Å². The highest BCUT2D eigenvalue weighted by molar-refractivity contribution is 7.09. The van der Waals surface area contributed by atoms with Gasteiger partial charge in [0.05, 0.1) is 4.88 Å². The van der Waals surface area contributed by atoms with Crippen LogP contribution in [0.2, 0.25) is 0 Å². The minimum atomic E-state index is 0.0652. The number of likely N-dealkylation sites (tertiary alicyclic amines) is 1. The third-order valence-electron chi connectivity index (χ3n) is 7.71. The lowest BCUT2D eigenvalue weighted by atomic mass is 9.74. The number of fused-ring (bicyclic) bond motifs is 2. The fourth-order valence-electron chi connectivity index (χ4n) is 5.73. The zero-order chi connectivity index (χ0) is 24.5. The van der Waals surface area contributed by atoms with E-state index in [0.717, 1.165) is 42.4 Å². The quantitative estimate of drug-likeness (QED) is 0.350. The van der Waals surface area contributed by atoms with Gasteiger partial charge in [0.1, 0.15) is 12.4 Å². The van der Waals surface area contributed by atoms with Gasteiger partial charge in [0.2, 0.25) is 5.88 Å². The average molecular weight is 498 g/mol. The van der Waals surface area contributed by atoms with Crippen LogP contribution in [-0.2, 0) is 18.6 Å². The number of nitrogens with zero attached hydrogens (tertiary/aromatic N) is 3. The summed E-state index contributed by atoms with van der Waals surface area (Å²) >= 11 is 1.29. The number of piperidine rings is 1. The van der Waals surface area contributed by atoms with Crippen LogP contribution < -0.4 is 9.64 Å². The Morgan fingerprint density at radius 3 is 2.39 bits per heavy atom. The minimum Gasteiger partial charge on any atom is -0.493 e. The predicted octanol–water partition coefficient (Wildman–Crippen LogP) is 6.08. The molecule has 0 bridgehead atoms. The van der Waals surface area contributed by atoms with Crippen molar-refractivity contribution in [1.82, 2.24) is 9.27 Å². The summed E-state index contributed by atoms with van der Waals surface area (Å²) in [6, 6.07) is 27.4. The van der Waals surface area contributed by atoms with Gasteiger partial charge < -0.3 is 14.7 Å². The molecule has 0 aliphatic carbocycles. The number of ether oxygens (including phenoxy) is 1. The van der Waals surface area contributed by atoms with Crippen molar-refractivity contribution < 1.29 is 9.84 Å². The molecule has 2 aliphatic heterocycles. The molecule has 0 unspecified atom stereocenters. The lowest BCUT2D eigenvalue weighted by Gasteiger charge is -2.40. The summed E-state index contributed by atoms with van der Waals surface area (Å²) in [5, 5.41) is 9.45. The molecule has 1 aromatic heterocycles. The zero-order valence-corrected chi connectivity index (χ0v) is 21.4. The Hall–Kier alpha value is -3.35. The Labute approximate surface area is 216 Å². The molecule has 3 heterocycles. The lowest BCUT2D eigenvalue weighted by Crippen LogP contribution is -2.44. The van der Waals surface area contributed by atoms with Gasteiger partial charge in [-0.2, -0.15) is 4.37 Å². The molecule has 1 saturated heterocycles. The first-order chi connectivity index (χ1) is 17.6. The van der Waals surface area contributed by atoms with Crippen molar-refractivity contribution in [3.05, 3.63) is 95.6 Å². The van der Waals surface area contributed by atoms with Crippen LogP contribution in [0.3, 0.4) is 0 Å². The van der Waals surface area contributed by atoms with Crippen molar-refractivity contribution in [3.8, 4) is 22.1 Å². The minimum absolute atomic E-state index is 0.0652. The van der Waals surface area contributed by atoms with Gasteiger partial charge in [0.25, 0.3) is 0 Å². The van der Waals surface area contributed by atoms with Crippen LogP contribution in [0.4, 0.5) is 5.69 Å². The first-order valence-corrected chi connectivity index (χ1v) is 13.4. The lowest BCUT2D eigenvalue weighted by molar-refractivity contribution is 0.160. The van der Waals surface area contributed by atoms with Crippen molar-refractivity contribution in [3.63, 3.8) is 0 Å². The molecule has 36 heavy (non-hydrogen) atoms. The fraction of sp³-hybridized carbons (Fsp3) is 0.300. The van der Waals surface area contributed by atoms with Gasteiger partial charge in [-0.25, -0.2) is 0 Å². The molecule has 1 fully saturated rings. The van der Waals surface area contributed by atoms with Crippen LogP contribution in [0, 0.1) is 0 Å². The van der Waals surface area contributed by atoms with E-state index in [-0.39, 0.29) is 5.88 Å². The number of likely N-dealkylation sites (N-methyl/N-ethyl adjacent to an activating group) is 1. The van der Waals surface area contributed by atoms with E-state index in [0.29, 0.717) is 12.0 Å². The van der Waals surface area contributed by atoms with Crippen LogP contribution in [0.25, 0.3) is 10.4 Å².